The molecule has 0 unspecified atom stereocenters. The quantitative estimate of drug-likeness (QED) is 0.561. The summed E-state index contributed by atoms with van der Waals surface area (Å²) in [7, 11) is 0. The first-order valence-electron chi connectivity index (χ1n) is 4.00. The van der Waals surface area contributed by atoms with E-state index < -0.39 is 0 Å². The summed E-state index contributed by atoms with van der Waals surface area (Å²) in [6.07, 6.45) is 3.31. The molecule has 1 fully saturated rings. The highest BCUT2D eigenvalue weighted by Gasteiger charge is 2.39. The highest BCUT2D eigenvalue weighted by molar-refractivity contribution is 5.78. The minimum atomic E-state index is 0.000880. The number of esters is 1. The molecule has 0 saturated carbocycles. The molecule has 0 amide bonds. The molecular formula is C8H14O2. The molecule has 10 heavy (non-hydrogen) atoms. The molecule has 1 rings (SSSR count). The zero-order valence-corrected chi connectivity index (χ0v) is 6.59. The molecule has 1 heterocycles. The van der Waals surface area contributed by atoms with E-state index in [4.69, 9.17) is 4.74 Å². The number of hydrogen-bond donors (Lipinski definition) is 0. The molecule has 1 aliphatic heterocycles. The number of ether oxygens (including phenoxy) is 1. The van der Waals surface area contributed by atoms with Crippen LogP contribution >= 0.6 is 0 Å². The third-order valence-corrected chi connectivity index (χ3v) is 2.03. The van der Waals surface area contributed by atoms with Crippen LogP contribution < -0.4 is 0 Å². The van der Waals surface area contributed by atoms with Crippen LogP contribution in [0, 0.1) is 5.92 Å². The fraction of sp³-hybridized carbons (Fsp3) is 0.875. The second-order valence-corrected chi connectivity index (χ2v) is 2.78. The minimum Gasteiger partial charge on any atom is -0.461 e. The molecule has 0 aromatic rings. The second kappa shape index (κ2) is 3.04. The summed E-state index contributed by atoms with van der Waals surface area (Å²) in [6, 6.07) is 0. The summed E-state index contributed by atoms with van der Waals surface area (Å²) >= 11 is 0. The smallest absolute Gasteiger partial charge is 0.312 e. The van der Waals surface area contributed by atoms with Crippen molar-refractivity contribution in [3.63, 3.8) is 0 Å². The fourth-order valence-corrected chi connectivity index (χ4v) is 1.37. The topological polar surface area (TPSA) is 26.3 Å². The summed E-state index contributed by atoms with van der Waals surface area (Å²) < 4.78 is 4.94. The van der Waals surface area contributed by atoms with Gasteiger partial charge in [0.1, 0.15) is 6.10 Å². The van der Waals surface area contributed by atoms with Crippen LogP contribution in [0.25, 0.3) is 0 Å². The molecule has 2 nitrogen and oxygen atoms in total. The van der Waals surface area contributed by atoms with Gasteiger partial charge in [-0.2, -0.15) is 0 Å². The van der Waals surface area contributed by atoms with Gasteiger partial charge in [0.15, 0.2) is 0 Å². The Labute approximate surface area is 61.6 Å². The lowest BCUT2D eigenvalue weighted by molar-refractivity contribution is -0.185. The average Bonchev–Trinajstić information content (AvgIpc) is 1.88. The molecule has 2 heteroatoms. The van der Waals surface area contributed by atoms with Gasteiger partial charge in [0.25, 0.3) is 0 Å². The van der Waals surface area contributed by atoms with Gasteiger partial charge in [-0.3, -0.25) is 4.79 Å². The highest BCUT2D eigenvalue weighted by Crippen LogP contribution is 2.28. The Kier molecular flexibility index (Phi) is 2.30. The third-order valence-electron chi connectivity index (χ3n) is 2.03. The van der Waals surface area contributed by atoms with Gasteiger partial charge >= 0.3 is 5.97 Å². The van der Waals surface area contributed by atoms with Crippen LogP contribution in [-0.4, -0.2) is 12.1 Å². The molecule has 1 saturated heterocycles. The summed E-state index contributed by atoms with van der Waals surface area (Å²) in [6.45, 7) is 4.15. The Morgan fingerprint density at radius 2 is 2.20 bits per heavy atom. The summed E-state index contributed by atoms with van der Waals surface area (Å²) in [5.41, 5.74) is 0. The van der Waals surface area contributed by atoms with Crippen molar-refractivity contribution >= 4 is 5.97 Å². The van der Waals surface area contributed by atoms with Gasteiger partial charge in [0.2, 0.25) is 0 Å². The first-order chi connectivity index (χ1) is 4.79. The Balaban J connectivity index is 2.30. The summed E-state index contributed by atoms with van der Waals surface area (Å²) in [5.74, 6) is 0.209. The van der Waals surface area contributed by atoms with E-state index in [0.29, 0.717) is 0 Å². The van der Waals surface area contributed by atoms with Crippen molar-refractivity contribution in [2.75, 3.05) is 0 Å². The van der Waals surface area contributed by atoms with Gasteiger partial charge < -0.3 is 4.74 Å². The zero-order chi connectivity index (χ0) is 7.56. The third kappa shape index (κ3) is 1.15. The lowest BCUT2D eigenvalue weighted by Gasteiger charge is -2.34. The van der Waals surface area contributed by atoms with Crippen molar-refractivity contribution in [1.82, 2.24) is 0 Å². The van der Waals surface area contributed by atoms with Gasteiger partial charge in [-0.05, 0) is 12.8 Å². The molecule has 0 N–H and O–H groups in total. The van der Waals surface area contributed by atoms with Gasteiger partial charge in [-0.25, -0.2) is 0 Å². The van der Waals surface area contributed by atoms with E-state index in [1.54, 1.807) is 0 Å². The molecule has 0 bridgehead atoms. The first kappa shape index (κ1) is 7.58. The van der Waals surface area contributed by atoms with Crippen molar-refractivity contribution in [2.24, 2.45) is 5.92 Å². The van der Waals surface area contributed by atoms with Crippen LogP contribution in [-0.2, 0) is 9.53 Å². The van der Waals surface area contributed by atoms with Crippen molar-refractivity contribution in [2.45, 2.75) is 39.2 Å². The summed E-state index contributed by atoms with van der Waals surface area (Å²) in [4.78, 5) is 10.7. The predicted octanol–water partition coefficient (Wildman–Crippen LogP) is 1.74. The van der Waals surface area contributed by atoms with Crippen LogP contribution in [0.3, 0.4) is 0 Å². The molecule has 0 aromatic carbocycles. The Bertz CT molecular complexity index is 131. The Morgan fingerprint density at radius 3 is 2.60 bits per heavy atom. The molecule has 2 atom stereocenters. The normalized spacial score (nSPS) is 31.2. The van der Waals surface area contributed by atoms with E-state index in [1.165, 1.54) is 0 Å². The van der Waals surface area contributed by atoms with Crippen molar-refractivity contribution in [1.29, 1.82) is 0 Å². The van der Waals surface area contributed by atoms with Gasteiger partial charge in [-0.1, -0.05) is 20.3 Å². The number of carbonyl (C=O) groups is 1. The highest BCUT2D eigenvalue weighted by atomic mass is 16.6. The van der Waals surface area contributed by atoms with Crippen molar-refractivity contribution in [3.05, 3.63) is 0 Å². The maximum Gasteiger partial charge on any atom is 0.312 e. The number of hydrogen-bond acceptors (Lipinski definition) is 2. The monoisotopic (exact) mass is 142 g/mol. The number of carbonyl (C=O) groups excluding carboxylic acids is 1. The predicted molar refractivity (Wildman–Crippen MR) is 38.6 cm³/mol. The number of rotatable bonds is 3. The SMILES string of the molecule is CCC[C@@H]1OC(=O)[C@@H]1CC. The van der Waals surface area contributed by atoms with E-state index in [1.807, 2.05) is 6.92 Å². The lowest BCUT2D eigenvalue weighted by Crippen LogP contribution is -2.44. The largest absolute Gasteiger partial charge is 0.461 e. The van der Waals surface area contributed by atoms with Crippen LogP contribution in [0.1, 0.15) is 33.1 Å². The number of cyclic esters (lactones) is 1. The van der Waals surface area contributed by atoms with E-state index in [2.05, 4.69) is 6.92 Å². The van der Waals surface area contributed by atoms with Crippen LogP contribution in [0.5, 0.6) is 0 Å². The molecule has 0 aromatic heterocycles. The Hall–Kier alpha value is -0.530. The zero-order valence-electron chi connectivity index (χ0n) is 6.59. The maximum atomic E-state index is 10.7. The standard InChI is InChI=1S/C8H14O2/c1-3-5-7-6(4-2)8(9)10-7/h6-7H,3-5H2,1-2H3/t6-,7+/m1/s1. The Morgan fingerprint density at radius 1 is 1.50 bits per heavy atom. The lowest BCUT2D eigenvalue weighted by atomic mass is 9.91. The second-order valence-electron chi connectivity index (χ2n) is 2.78. The molecule has 58 valence electrons. The van der Waals surface area contributed by atoms with E-state index in [9.17, 15) is 4.79 Å². The summed E-state index contributed by atoms with van der Waals surface area (Å²) in [5, 5.41) is 0. The van der Waals surface area contributed by atoms with Crippen LogP contribution in [0.15, 0.2) is 0 Å². The molecule has 0 spiro atoms. The van der Waals surface area contributed by atoms with E-state index in [0.717, 1.165) is 19.3 Å². The molecular weight excluding hydrogens is 128 g/mol. The van der Waals surface area contributed by atoms with Crippen LogP contribution in [0.4, 0.5) is 0 Å². The minimum absolute atomic E-state index is 0.000880. The van der Waals surface area contributed by atoms with Crippen LogP contribution in [0.2, 0.25) is 0 Å². The van der Waals surface area contributed by atoms with E-state index >= 15 is 0 Å². The molecule has 0 radical (unpaired) electrons. The first-order valence-corrected chi connectivity index (χ1v) is 4.00. The van der Waals surface area contributed by atoms with E-state index in [-0.39, 0.29) is 18.0 Å². The van der Waals surface area contributed by atoms with Gasteiger partial charge in [-0.15, -0.1) is 0 Å². The fourth-order valence-electron chi connectivity index (χ4n) is 1.37. The molecule has 1 aliphatic rings. The van der Waals surface area contributed by atoms with Gasteiger partial charge in [0.05, 0.1) is 5.92 Å². The van der Waals surface area contributed by atoms with Crippen molar-refractivity contribution < 1.29 is 9.53 Å². The van der Waals surface area contributed by atoms with Crippen molar-refractivity contribution in [3.8, 4) is 0 Å². The maximum absolute atomic E-state index is 10.7. The van der Waals surface area contributed by atoms with Gasteiger partial charge in [0, 0.05) is 0 Å². The molecule has 0 aliphatic carbocycles. The average molecular weight is 142 g/mol.